The summed E-state index contributed by atoms with van der Waals surface area (Å²) in [6, 6.07) is 4.12. The van der Waals surface area contributed by atoms with Crippen molar-refractivity contribution in [3.63, 3.8) is 0 Å². The Labute approximate surface area is 80.6 Å². The lowest BCUT2D eigenvalue weighted by Crippen LogP contribution is -2.31. The highest BCUT2D eigenvalue weighted by molar-refractivity contribution is 5.68. The van der Waals surface area contributed by atoms with Crippen LogP contribution in [0, 0.1) is 11.2 Å². The molecule has 0 radical (unpaired) electrons. The van der Waals surface area contributed by atoms with Crippen molar-refractivity contribution in [2.75, 3.05) is 6.61 Å². The van der Waals surface area contributed by atoms with Gasteiger partial charge in [-0.25, -0.2) is 4.39 Å². The molecule has 0 fully saturated rings. The van der Waals surface area contributed by atoms with Crippen LogP contribution in [-0.4, -0.2) is 24.0 Å². The van der Waals surface area contributed by atoms with Crippen molar-refractivity contribution < 1.29 is 14.2 Å². The Morgan fingerprint density at radius 3 is 3.07 bits per heavy atom. The summed E-state index contributed by atoms with van der Waals surface area (Å²) in [6.07, 6.45) is 0.354. The molecule has 0 amide bonds. The van der Waals surface area contributed by atoms with Crippen molar-refractivity contribution in [3.05, 3.63) is 29.6 Å². The smallest absolute Gasteiger partial charge is 0.123 e. The van der Waals surface area contributed by atoms with Crippen LogP contribution in [0.3, 0.4) is 0 Å². The third-order valence-electron chi connectivity index (χ3n) is 2.33. The maximum atomic E-state index is 12.9. The van der Waals surface area contributed by atoms with Crippen LogP contribution in [0.2, 0.25) is 0 Å². The number of ether oxygens (including phenoxy) is 1. The van der Waals surface area contributed by atoms with E-state index in [4.69, 9.17) is 10.1 Å². The highest BCUT2D eigenvalue weighted by atomic mass is 19.1. The number of aliphatic hydroxyl groups is 1. The van der Waals surface area contributed by atoms with Crippen LogP contribution in [0.15, 0.2) is 18.2 Å². The Balaban J connectivity index is 2.48. The molecule has 1 aromatic rings. The molecule has 3 nitrogen and oxygen atoms in total. The van der Waals surface area contributed by atoms with Gasteiger partial charge in [0.25, 0.3) is 0 Å². The molecule has 0 unspecified atom stereocenters. The Morgan fingerprint density at radius 1 is 1.57 bits per heavy atom. The van der Waals surface area contributed by atoms with Crippen molar-refractivity contribution in [3.8, 4) is 5.75 Å². The molecule has 2 N–H and O–H groups in total. The summed E-state index contributed by atoms with van der Waals surface area (Å²) in [7, 11) is 0. The summed E-state index contributed by atoms with van der Waals surface area (Å²) in [4.78, 5) is 0. The second-order valence-corrected chi connectivity index (χ2v) is 3.25. The fraction of sp³-hybridized carbons (Fsp3) is 0.300. The first-order chi connectivity index (χ1) is 6.72. The predicted octanol–water partition coefficient (Wildman–Crippen LogP) is 1.31. The van der Waals surface area contributed by atoms with E-state index in [-0.39, 0.29) is 12.4 Å². The van der Waals surface area contributed by atoms with Gasteiger partial charge in [-0.05, 0) is 18.2 Å². The van der Waals surface area contributed by atoms with E-state index >= 15 is 0 Å². The topological polar surface area (TPSA) is 53.3 Å². The van der Waals surface area contributed by atoms with Crippen LogP contribution < -0.4 is 4.74 Å². The minimum Gasteiger partial charge on any atom is -0.491 e. The van der Waals surface area contributed by atoms with Crippen LogP contribution in [0.25, 0.3) is 0 Å². The Morgan fingerprint density at radius 2 is 2.36 bits per heavy atom. The van der Waals surface area contributed by atoms with Gasteiger partial charge in [0.05, 0.1) is 12.0 Å². The lowest BCUT2D eigenvalue weighted by atomic mass is 9.92. The summed E-state index contributed by atoms with van der Waals surface area (Å²) in [5, 5.41) is 16.7. The van der Waals surface area contributed by atoms with Gasteiger partial charge in [-0.3, -0.25) is 0 Å². The average Bonchev–Trinajstić information content (AvgIpc) is 2.17. The minimum atomic E-state index is -0.762. The highest BCUT2D eigenvalue weighted by Gasteiger charge is 2.28. The van der Waals surface area contributed by atoms with Crippen LogP contribution in [0.1, 0.15) is 11.5 Å². The largest absolute Gasteiger partial charge is 0.491 e. The molecule has 0 bridgehead atoms. The summed E-state index contributed by atoms with van der Waals surface area (Å²) in [6.45, 7) is 0.151. The maximum Gasteiger partial charge on any atom is 0.123 e. The summed E-state index contributed by atoms with van der Waals surface area (Å²) in [5.41, 5.74) is 0.541. The van der Waals surface area contributed by atoms with Crippen LogP contribution in [0.5, 0.6) is 5.75 Å². The number of rotatable bonds is 1. The molecule has 0 aliphatic carbocycles. The molecule has 2 rings (SSSR count). The monoisotopic (exact) mass is 195 g/mol. The molecular formula is C10H10FNO2. The zero-order chi connectivity index (χ0) is 10.1. The van der Waals surface area contributed by atoms with Crippen LogP contribution in [0.4, 0.5) is 4.39 Å². The van der Waals surface area contributed by atoms with Gasteiger partial charge in [-0.1, -0.05) is 0 Å². The lowest BCUT2D eigenvalue weighted by Gasteiger charge is -2.27. The van der Waals surface area contributed by atoms with E-state index in [0.717, 1.165) is 6.21 Å². The molecule has 14 heavy (non-hydrogen) atoms. The molecule has 1 aliphatic heterocycles. The summed E-state index contributed by atoms with van der Waals surface area (Å²) in [5.74, 6) is -0.298. The fourth-order valence-corrected chi connectivity index (χ4v) is 1.60. The van der Waals surface area contributed by atoms with Gasteiger partial charge < -0.3 is 15.3 Å². The molecule has 0 saturated carbocycles. The summed E-state index contributed by atoms with van der Waals surface area (Å²) < 4.78 is 18.1. The van der Waals surface area contributed by atoms with Crippen molar-refractivity contribution in [2.24, 2.45) is 0 Å². The Kier molecular flexibility index (Phi) is 2.21. The highest BCUT2D eigenvalue weighted by Crippen LogP contribution is 2.32. The van der Waals surface area contributed by atoms with E-state index < -0.39 is 12.0 Å². The Hall–Kier alpha value is -1.42. The van der Waals surface area contributed by atoms with E-state index in [9.17, 15) is 9.50 Å². The second kappa shape index (κ2) is 3.38. The second-order valence-electron chi connectivity index (χ2n) is 3.25. The van der Waals surface area contributed by atoms with Crippen molar-refractivity contribution in [1.29, 1.82) is 5.41 Å². The maximum absolute atomic E-state index is 12.9. The first-order valence-electron chi connectivity index (χ1n) is 4.33. The van der Waals surface area contributed by atoms with Crippen LogP contribution >= 0.6 is 0 Å². The van der Waals surface area contributed by atoms with Crippen LogP contribution in [-0.2, 0) is 0 Å². The normalized spacial score (nSPS) is 25.0. The number of fused-ring (bicyclic) bond motifs is 1. The summed E-state index contributed by atoms with van der Waals surface area (Å²) >= 11 is 0. The molecule has 1 aliphatic rings. The average molecular weight is 195 g/mol. The first kappa shape index (κ1) is 9.15. The molecule has 2 atom stereocenters. The van der Waals surface area contributed by atoms with E-state index in [1.807, 2.05) is 0 Å². The SMILES string of the molecule is N=C[C@H]1c2cc(F)ccc2OC[C@H]1O. The molecule has 0 aromatic heterocycles. The predicted molar refractivity (Wildman–Crippen MR) is 49.4 cm³/mol. The van der Waals surface area contributed by atoms with Gasteiger partial charge in [0.15, 0.2) is 0 Å². The van der Waals surface area contributed by atoms with Crippen molar-refractivity contribution in [1.82, 2.24) is 0 Å². The molecule has 0 spiro atoms. The first-order valence-corrected chi connectivity index (χ1v) is 4.33. The quantitative estimate of drug-likeness (QED) is 0.664. The van der Waals surface area contributed by atoms with Crippen molar-refractivity contribution >= 4 is 6.21 Å². The van der Waals surface area contributed by atoms with E-state index in [2.05, 4.69) is 0 Å². The standard InChI is InChI=1S/C10H10FNO2/c11-6-1-2-10-7(3-6)8(4-12)9(13)5-14-10/h1-4,8-9,12-13H,5H2/t8-,9+/m0/s1. The van der Waals surface area contributed by atoms with Gasteiger partial charge >= 0.3 is 0 Å². The minimum absolute atomic E-state index is 0.151. The number of nitrogens with one attached hydrogen (secondary N) is 1. The van der Waals surface area contributed by atoms with Gasteiger partial charge in [0, 0.05) is 11.8 Å². The molecule has 74 valence electrons. The number of benzene rings is 1. The molecular weight excluding hydrogens is 185 g/mol. The van der Waals surface area contributed by atoms with E-state index in [1.54, 1.807) is 0 Å². The van der Waals surface area contributed by atoms with E-state index in [1.165, 1.54) is 18.2 Å². The number of hydrogen-bond donors (Lipinski definition) is 2. The fourth-order valence-electron chi connectivity index (χ4n) is 1.60. The zero-order valence-corrected chi connectivity index (χ0v) is 7.40. The third kappa shape index (κ3) is 1.37. The van der Waals surface area contributed by atoms with E-state index in [0.29, 0.717) is 11.3 Å². The number of hydrogen-bond acceptors (Lipinski definition) is 3. The molecule has 1 heterocycles. The van der Waals surface area contributed by atoms with Gasteiger partial charge in [0.1, 0.15) is 18.2 Å². The molecule has 0 saturated heterocycles. The van der Waals surface area contributed by atoms with Gasteiger partial charge in [-0.2, -0.15) is 0 Å². The zero-order valence-electron chi connectivity index (χ0n) is 7.40. The number of halogens is 1. The van der Waals surface area contributed by atoms with Gasteiger partial charge in [0.2, 0.25) is 0 Å². The molecule has 4 heteroatoms. The Bertz CT molecular complexity index is 367. The van der Waals surface area contributed by atoms with Crippen molar-refractivity contribution in [2.45, 2.75) is 12.0 Å². The lowest BCUT2D eigenvalue weighted by molar-refractivity contribution is 0.0847. The number of aliphatic hydroxyl groups excluding tert-OH is 1. The molecule has 1 aromatic carbocycles. The third-order valence-corrected chi connectivity index (χ3v) is 2.33. The van der Waals surface area contributed by atoms with Gasteiger partial charge in [-0.15, -0.1) is 0 Å².